The summed E-state index contributed by atoms with van der Waals surface area (Å²) in [5.41, 5.74) is 5.15. The Balaban J connectivity index is 1.61. The van der Waals surface area contributed by atoms with E-state index in [1.165, 1.54) is 29.4 Å². The molecule has 0 spiro atoms. The molecule has 0 N–H and O–H groups in total. The first-order valence-electron chi connectivity index (χ1n) is 9.46. The molecule has 4 aromatic rings. The summed E-state index contributed by atoms with van der Waals surface area (Å²) in [4.78, 5) is 5.01. The van der Waals surface area contributed by atoms with Gasteiger partial charge in [-0.05, 0) is 0 Å². The molecular formula is C26H24Sn. The first-order valence-corrected chi connectivity index (χ1v) is 18.0. The molecule has 0 amide bonds. The van der Waals surface area contributed by atoms with Crippen LogP contribution < -0.4 is 7.16 Å². The molecule has 27 heavy (non-hydrogen) atoms. The van der Waals surface area contributed by atoms with E-state index in [9.17, 15) is 0 Å². The quantitative estimate of drug-likeness (QED) is 0.339. The summed E-state index contributed by atoms with van der Waals surface area (Å²) in [5, 5.41) is 0. The van der Waals surface area contributed by atoms with Crippen molar-refractivity contribution in [3.8, 4) is 22.3 Å². The van der Waals surface area contributed by atoms with Gasteiger partial charge in [-0.1, -0.05) is 0 Å². The van der Waals surface area contributed by atoms with Gasteiger partial charge < -0.3 is 0 Å². The third-order valence-corrected chi connectivity index (χ3v) is 15.6. The van der Waals surface area contributed by atoms with Crippen LogP contribution in [0.3, 0.4) is 0 Å². The Labute approximate surface area is 166 Å². The van der Waals surface area contributed by atoms with Crippen LogP contribution in [0, 0.1) is 0 Å². The molecule has 0 saturated heterocycles. The fourth-order valence-electron chi connectivity index (χ4n) is 3.59. The molecule has 0 atom stereocenters. The Hall–Kier alpha value is -2.32. The number of rotatable bonds is 4. The van der Waals surface area contributed by atoms with Crippen LogP contribution in [-0.2, 0) is 0 Å². The van der Waals surface area contributed by atoms with Crippen LogP contribution in [0.2, 0.25) is 9.88 Å². The average Bonchev–Trinajstić information content (AvgIpc) is 2.75. The summed E-state index contributed by atoms with van der Waals surface area (Å²) >= 11 is -2.56. The van der Waals surface area contributed by atoms with Crippen LogP contribution in [0.1, 0.15) is 0 Å². The number of hydrogen-bond acceptors (Lipinski definition) is 0. The molecule has 1 heteroatoms. The van der Waals surface area contributed by atoms with E-state index in [1.54, 1.807) is 0 Å². The zero-order valence-corrected chi connectivity index (χ0v) is 18.7. The molecule has 0 saturated carbocycles. The van der Waals surface area contributed by atoms with Crippen LogP contribution in [-0.4, -0.2) is 18.4 Å². The molecule has 4 rings (SSSR count). The Morgan fingerprint density at radius 2 is 0.667 bits per heavy atom. The van der Waals surface area contributed by atoms with Gasteiger partial charge in [0.1, 0.15) is 0 Å². The first kappa shape index (κ1) is 18.1. The Morgan fingerprint density at radius 3 is 1.00 bits per heavy atom. The molecule has 132 valence electrons. The molecular weight excluding hydrogens is 431 g/mol. The average molecular weight is 455 g/mol. The van der Waals surface area contributed by atoms with Crippen LogP contribution >= 0.6 is 0 Å². The second kappa shape index (κ2) is 7.74. The van der Waals surface area contributed by atoms with Gasteiger partial charge in [0.2, 0.25) is 0 Å². The summed E-state index contributed by atoms with van der Waals surface area (Å²) in [6.45, 7) is 0. The monoisotopic (exact) mass is 456 g/mol. The normalized spacial score (nSPS) is 11.3. The molecule has 0 heterocycles. The number of hydrogen-bond donors (Lipinski definition) is 0. The van der Waals surface area contributed by atoms with Crippen molar-refractivity contribution in [3.05, 3.63) is 109 Å². The Morgan fingerprint density at radius 1 is 0.370 bits per heavy atom. The van der Waals surface area contributed by atoms with Crippen molar-refractivity contribution in [1.29, 1.82) is 0 Å². The Bertz CT molecular complexity index is 914. The van der Waals surface area contributed by atoms with Crippen molar-refractivity contribution < 1.29 is 0 Å². The van der Waals surface area contributed by atoms with Crippen molar-refractivity contribution in [3.63, 3.8) is 0 Å². The standard InChI is InChI=1S/2C12H9.2CH3.Sn/c2*1-3-7-11(8-4-1)12-9-5-2-6-10-12;;;/h2*1,3-10H;2*1H3;. The molecule has 0 nitrogen and oxygen atoms in total. The van der Waals surface area contributed by atoms with E-state index >= 15 is 0 Å². The van der Waals surface area contributed by atoms with E-state index in [2.05, 4.69) is 119 Å². The van der Waals surface area contributed by atoms with Crippen molar-refractivity contribution in [2.45, 2.75) is 9.88 Å². The molecule has 0 unspecified atom stereocenters. The van der Waals surface area contributed by atoms with E-state index in [-0.39, 0.29) is 0 Å². The molecule has 0 aromatic heterocycles. The third kappa shape index (κ3) is 3.86. The fourth-order valence-corrected chi connectivity index (χ4v) is 10.2. The van der Waals surface area contributed by atoms with E-state index in [4.69, 9.17) is 0 Å². The zero-order chi connectivity index (χ0) is 18.7. The van der Waals surface area contributed by atoms with Gasteiger partial charge in [-0.2, -0.15) is 0 Å². The van der Waals surface area contributed by atoms with E-state index in [0.29, 0.717) is 0 Å². The van der Waals surface area contributed by atoms with Gasteiger partial charge in [0.25, 0.3) is 0 Å². The molecule has 4 aromatic carbocycles. The molecule has 0 aliphatic carbocycles. The molecule has 0 bridgehead atoms. The fraction of sp³-hybridized carbons (Fsp3) is 0.0769. The van der Waals surface area contributed by atoms with Crippen LogP contribution in [0.4, 0.5) is 0 Å². The summed E-state index contributed by atoms with van der Waals surface area (Å²) in [5.74, 6) is 0. The number of benzene rings is 4. The minimum atomic E-state index is -2.56. The SMILES string of the molecule is [CH3][Sn]([CH3])([c]1ccc(-c2ccccc2)cc1)[c]1ccc(-c2ccccc2)cc1. The third-order valence-electron chi connectivity index (χ3n) is 5.43. The molecule has 0 aliphatic heterocycles. The van der Waals surface area contributed by atoms with Gasteiger partial charge >= 0.3 is 167 Å². The molecule has 0 radical (unpaired) electrons. The van der Waals surface area contributed by atoms with Crippen molar-refractivity contribution in [2.75, 3.05) is 0 Å². The maximum atomic E-state index is 2.50. The predicted molar refractivity (Wildman–Crippen MR) is 121 cm³/mol. The van der Waals surface area contributed by atoms with Crippen molar-refractivity contribution in [1.82, 2.24) is 0 Å². The van der Waals surface area contributed by atoms with Gasteiger partial charge in [-0.15, -0.1) is 0 Å². The van der Waals surface area contributed by atoms with Crippen molar-refractivity contribution in [2.24, 2.45) is 0 Å². The topological polar surface area (TPSA) is 0 Å². The minimum absolute atomic E-state index is 1.28. The van der Waals surface area contributed by atoms with Gasteiger partial charge in [0.15, 0.2) is 0 Å². The van der Waals surface area contributed by atoms with E-state index < -0.39 is 18.4 Å². The maximum absolute atomic E-state index is 2.56. The zero-order valence-electron chi connectivity index (χ0n) is 15.9. The van der Waals surface area contributed by atoms with Gasteiger partial charge in [-0.25, -0.2) is 0 Å². The van der Waals surface area contributed by atoms with Gasteiger partial charge in [0, 0.05) is 0 Å². The summed E-state index contributed by atoms with van der Waals surface area (Å²) in [6.07, 6.45) is 0. The van der Waals surface area contributed by atoms with Crippen LogP contribution in [0.15, 0.2) is 109 Å². The predicted octanol–water partition coefficient (Wildman–Crippen LogP) is 5.84. The van der Waals surface area contributed by atoms with E-state index in [1.807, 2.05) is 0 Å². The van der Waals surface area contributed by atoms with Gasteiger partial charge in [0.05, 0.1) is 0 Å². The molecule has 0 fully saturated rings. The van der Waals surface area contributed by atoms with Gasteiger partial charge in [-0.3, -0.25) is 0 Å². The summed E-state index contributed by atoms with van der Waals surface area (Å²) in [7, 11) is 0. The van der Waals surface area contributed by atoms with Crippen molar-refractivity contribution >= 4 is 25.5 Å². The second-order valence-electron chi connectivity index (χ2n) is 7.51. The summed E-state index contributed by atoms with van der Waals surface area (Å²) < 4.78 is 3.08. The second-order valence-corrected chi connectivity index (χ2v) is 20.1. The van der Waals surface area contributed by atoms with E-state index in [0.717, 1.165) is 0 Å². The first-order chi connectivity index (χ1) is 13.1. The molecule has 0 aliphatic rings. The van der Waals surface area contributed by atoms with Crippen LogP contribution in [0.5, 0.6) is 0 Å². The van der Waals surface area contributed by atoms with Crippen LogP contribution in [0.25, 0.3) is 22.3 Å². The Kier molecular flexibility index (Phi) is 5.17. The summed E-state index contributed by atoms with van der Waals surface area (Å²) in [6, 6.07) is 39.7.